The lowest BCUT2D eigenvalue weighted by Crippen LogP contribution is -2.50. The van der Waals surface area contributed by atoms with Crippen LogP contribution in [0.15, 0.2) is 18.2 Å². The number of hydrogen-bond donors (Lipinski definition) is 1. The third-order valence-electron chi connectivity index (χ3n) is 5.21. The van der Waals surface area contributed by atoms with Gasteiger partial charge in [-0.1, -0.05) is 19.1 Å². The zero-order valence-corrected chi connectivity index (χ0v) is 13.5. The predicted octanol–water partition coefficient (Wildman–Crippen LogP) is 2.56. The number of fused-ring (bicyclic) bond motifs is 1. The summed E-state index contributed by atoms with van der Waals surface area (Å²) in [6.45, 7) is 9.32. The monoisotopic (exact) mass is 287 g/mol. The lowest BCUT2D eigenvalue weighted by molar-refractivity contribution is 0.231. The maximum Gasteiger partial charge on any atom is 0.0397 e. The van der Waals surface area contributed by atoms with Crippen LogP contribution in [0.4, 0.5) is 5.69 Å². The van der Waals surface area contributed by atoms with E-state index in [0.29, 0.717) is 0 Å². The van der Waals surface area contributed by atoms with Crippen LogP contribution in [0, 0.1) is 6.92 Å². The van der Waals surface area contributed by atoms with Gasteiger partial charge < -0.3 is 10.6 Å². The van der Waals surface area contributed by atoms with Gasteiger partial charge in [-0.25, -0.2) is 0 Å². The van der Waals surface area contributed by atoms with Crippen molar-refractivity contribution < 1.29 is 0 Å². The molecule has 0 aromatic heterocycles. The maximum absolute atomic E-state index is 6.08. The minimum absolute atomic E-state index is 0.289. The molecule has 2 N–H and O–H groups in total. The molecule has 3 rings (SSSR count). The highest BCUT2D eigenvalue weighted by Crippen LogP contribution is 2.28. The number of nitrogens with zero attached hydrogens (tertiary/aromatic N) is 2. The number of aryl methyl sites for hydroxylation is 1. The molecule has 0 bridgehead atoms. The van der Waals surface area contributed by atoms with Gasteiger partial charge >= 0.3 is 0 Å². The molecule has 21 heavy (non-hydrogen) atoms. The zero-order valence-electron chi connectivity index (χ0n) is 13.5. The van der Waals surface area contributed by atoms with Crippen LogP contribution in [0.2, 0.25) is 0 Å². The van der Waals surface area contributed by atoms with Gasteiger partial charge in [0.15, 0.2) is 0 Å². The second kappa shape index (κ2) is 6.37. The largest absolute Gasteiger partial charge is 0.368 e. The van der Waals surface area contributed by atoms with Gasteiger partial charge in [-0.2, -0.15) is 0 Å². The van der Waals surface area contributed by atoms with Crippen LogP contribution in [-0.2, 0) is 6.42 Å². The van der Waals surface area contributed by atoms with E-state index in [-0.39, 0.29) is 6.04 Å². The van der Waals surface area contributed by atoms with E-state index >= 15 is 0 Å². The maximum atomic E-state index is 6.08. The second-order valence-corrected chi connectivity index (χ2v) is 6.77. The van der Waals surface area contributed by atoms with Gasteiger partial charge in [0.1, 0.15) is 0 Å². The Morgan fingerprint density at radius 2 is 2.14 bits per heavy atom. The average molecular weight is 287 g/mol. The van der Waals surface area contributed by atoms with Crippen molar-refractivity contribution in [1.82, 2.24) is 4.90 Å². The molecule has 0 amide bonds. The van der Waals surface area contributed by atoms with Crippen molar-refractivity contribution in [3.05, 3.63) is 29.3 Å². The minimum atomic E-state index is 0.289. The van der Waals surface area contributed by atoms with Gasteiger partial charge in [-0.05, 0) is 56.3 Å². The number of rotatable bonds is 4. The molecular formula is C18H29N3. The molecule has 3 heteroatoms. The van der Waals surface area contributed by atoms with Crippen LogP contribution in [0.1, 0.15) is 37.3 Å². The van der Waals surface area contributed by atoms with Crippen molar-refractivity contribution in [2.45, 2.75) is 51.6 Å². The van der Waals surface area contributed by atoms with Crippen molar-refractivity contribution in [1.29, 1.82) is 0 Å². The van der Waals surface area contributed by atoms with Crippen molar-refractivity contribution in [2.24, 2.45) is 5.73 Å². The highest BCUT2D eigenvalue weighted by atomic mass is 15.3. The molecule has 1 aromatic carbocycles. The van der Waals surface area contributed by atoms with Crippen molar-refractivity contribution in [2.75, 3.05) is 31.1 Å². The number of anilines is 1. The highest BCUT2D eigenvalue weighted by molar-refractivity contribution is 5.55. The molecule has 2 aliphatic heterocycles. The zero-order chi connectivity index (χ0) is 14.8. The van der Waals surface area contributed by atoms with Gasteiger partial charge in [-0.15, -0.1) is 0 Å². The molecule has 2 atom stereocenters. The van der Waals surface area contributed by atoms with E-state index in [2.05, 4.69) is 41.8 Å². The van der Waals surface area contributed by atoms with Gasteiger partial charge in [-0.3, -0.25) is 4.90 Å². The molecule has 0 saturated carbocycles. The van der Waals surface area contributed by atoms with Gasteiger partial charge in [0.25, 0.3) is 0 Å². The molecular weight excluding hydrogens is 258 g/mol. The first-order valence-corrected chi connectivity index (χ1v) is 8.51. The number of benzene rings is 1. The van der Waals surface area contributed by atoms with Crippen molar-refractivity contribution in [3.8, 4) is 0 Å². The third kappa shape index (κ3) is 3.24. The highest BCUT2D eigenvalue weighted by Gasteiger charge is 2.30. The summed E-state index contributed by atoms with van der Waals surface area (Å²) in [5.74, 6) is 0. The molecule has 116 valence electrons. The first-order chi connectivity index (χ1) is 10.2. The molecule has 2 unspecified atom stereocenters. The molecule has 0 radical (unpaired) electrons. The quantitative estimate of drug-likeness (QED) is 0.924. The second-order valence-electron chi connectivity index (χ2n) is 6.77. The van der Waals surface area contributed by atoms with Crippen LogP contribution < -0.4 is 10.6 Å². The van der Waals surface area contributed by atoms with Crippen LogP contribution in [0.3, 0.4) is 0 Å². The molecule has 2 saturated heterocycles. The Balaban J connectivity index is 1.70. The van der Waals surface area contributed by atoms with Crippen LogP contribution in [0.5, 0.6) is 0 Å². The molecule has 0 aliphatic carbocycles. The molecule has 1 aromatic rings. The SMILES string of the molecule is CCC(N)Cc1ccc(N2CCN3CCCC3C2)c(C)c1. The van der Waals surface area contributed by atoms with Gasteiger partial charge in [0.2, 0.25) is 0 Å². The Kier molecular flexibility index (Phi) is 4.51. The van der Waals surface area contributed by atoms with Crippen molar-refractivity contribution in [3.63, 3.8) is 0 Å². The molecule has 0 spiro atoms. The molecule has 3 nitrogen and oxygen atoms in total. The van der Waals surface area contributed by atoms with E-state index < -0.39 is 0 Å². The Morgan fingerprint density at radius 3 is 2.90 bits per heavy atom. The summed E-state index contributed by atoms with van der Waals surface area (Å²) < 4.78 is 0. The fourth-order valence-electron chi connectivity index (χ4n) is 3.86. The van der Waals surface area contributed by atoms with E-state index in [9.17, 15) is 0 Å². The Hall–Kier alpha value is -1.06. The van der Waals surface area contributed by atoms with E-state index in [4.69, 9.17) is 5.73 Å². The van der Waals surface area contributed by atoms with E-state index in [1.165, 1.54) is 55.8 Å². The van der Waals surface area contributed by atoms with Crippen LogP contribution in [0.25, 0.3) is 0 Å². The fraction of sp³-hybridized carbons (Fsp3) is 0.667. The summed E-state index contributed by atoms with van der Waals surface area (Å²) >= 11 is 0. The number of piperazine rings is 1. The lowest BCUT2D eigenvalue weighted by Gasteiger charge is -2.39. The summed E-state index contributed by atoms with van der Waals surface area (Å²) in [4.78, 5) is 5.26. The lowest BCUT2D eigenvalue weighted by atomic mass is 10.0. The summed E-state index contributed by atoms with van der Waals surface area (Å²) in [7, 11) is 0. The third-order valence-corrected chi connectivity index (χ3v) is 5.21. The summed E-state index contributed by atoms with van der Waals surface area (Å²) in [6.07, 6.45) is 4.79. The molecule has 2 aliphatic rings. The summed E-state index contributed by atoms with van der Waals surface area (Å²) in [5, 5.41) is 0. The minimum Gasteiger partial charge on any atom is -0.368 e. The van der Waals surface area contributed by atoms with Crippen LogP contribution in [-0.4, -0.2) is 43.2 Å². The first kappa shape index (κ1) is 14.9. The summed E-state index contributed by atoms with van der Waals surface area (Å²) in [5.41, 5.74) is 10.3. The average Bonchev–Trinajstić information content (AvgIpc) is 2.94. The van der Waals surface area contributed by atoms with Gasteiger partial charge in [0, 0.05) is 37.4 Å². The standard InChI is InChI=1S/C18H29N3/c1-3-16(19)12-15-6-7-18(14(2)11-15)21-10-9-20-8-4-5-17(20)13-21/h6-7,11,16-17H,3-5,8-10,12-13,19H2,1-2H3. The topological polar surface area (TPSA) is 32.5 Å². The Labute approximate surface area is 129 Å². The number of hydrogen-bond acceptors (Lipinski definition) is 3. The smallest absolute Gasteiger partial charge is 0.0397 e. The first-order valence-electron chi connectivity index (χ1n) is 8.51. The van der Waals surface area contributed by atoms with E-state index in [0.717, 1.165) is 18.9 Å². The molecule has 2 fully saturated rings. The van der Waals surface area contributed by atoms with Gasteiger partial charge in [0.05, 0.1) is 0 Å². The number of nitrogens with two attached hydrogens (primary N) is 1. The van der Waals surface area contributed by atoms with Crippen molar-refractivity contribution >= 4 is 5.69 Å². The van der Waals surface area contributed by atoms with E-state index in [1.54, 1.807) is 0 Å². The molecule has 2 heterocycles. The normalized spacial score (nSPS) is 24.1. The Bertz CT molecular complexity index is 485. The van der Waals surface area contributed by atoms with E-state index in [1.807, 2.05) is 0 Å². The Morgan fingerprint density at radius 1 is 1.29 bits per heavy atom. The fourth-order valence-corrected chi connectivity index (χ4v) is 3.86. The predicted molar refractivity (Wildman–Crippen MR) is 90.0 cm³/mol. The summed E-state index contributed by atoms with van der Waals surface area (Å²) in [6, 6.07) is 8.01. The van der Waals surface area contributed by atoms with Crippen LogP contribution >= 0.6 is 0 Å².